The van der Waals surface area contributed by atoms with Crippen LogP contribution in [0.1, 0.15) is 30.1 Å². The quantitative estimate of drug-likeness (QED) is 0.498. The summed E-state index contributed by atoms with van der Waals surface area (Å²) >= 11 is 13.1. The Hall–Kier alpha value is -0.950. The van der Waals surface area contributed by atoms with E-state index in [-0.39, 0.29) is 0 Å². The summed E-state index contributed by atoms with van der Waals surface area (Å²) in [6, 6.07) is 10.2. The van der Waals surface area contributed by atoms with Crippen molar-refractivity contribution in [1.82, 2.24) is 19.9 Å². The van der Waals surface area contributed by atoms with Gasteiger partial charge in [-0.1, -0.05) is 43.5 Å². The first-order valence-electron chi connectivity index (χ1n) is 8.26. The number of hydrogen-bond acceptors (Lipinski definition) is 3. The van der Waals surface area contributed by atoms with E-state index >= 15 is 0 Å². The maximum absolute atomic E-state index is 5.97. The fraction of sp³-hybridized carbons (Fsp3) is 0.333. The SMILES string of the molecule is Clc1ccc2[nH]c([C@H]3CCCN(Cc4cc(Br)cc(Br)c4)C3)nc2n1. The van der Waals surface area contributed by atoms with Gasteiger partial charge < -0.3 is 4.98 Å². The van der Waals surface area contributed by atoms with Gasteiger partial charge in [-0.25, -0.2) is 9.97 Å². The molecule has 0 unspecified atom stereocenters. The van der Waals surface area contributed by atoms with Gasteiger partial charge >= 0.3 is 0 Å². The molecule has 1 N–H and O–H groups in total. The number of aromatic amines is 1. The number of imidazole rings is 1. The summed E-state index contributed by atoms with van der Waals surface area (Å²) in [5.74, 6) is 1.42. The van der Waals surface area contributed by atoms with Gasteiger partial charge in [0, 0.05) is 28.0 Å². The van der Waals surface area contributed by atoms with Crippen molar-refractivity contribution in [2.75, 3.05) is 13.1 Å². The summed E-state index contributed by atoms with van der Waals surface area (Å²) in [4.78, 5) is 14.9. The van der Waals surface area contributed by atoms with Crippen LogP contribution < -0.4 is 0 Å². The van der Waals surface area contributed by atoms with Crippen LogP contribution in [0.15, 0.2) is 39.3 Å². The van der Waals surface area contributed by atoms with Gasteiger partial charge in [0.2, 0.25) is 0 Å². The fourth-order valence-electron chi connectivity index (χ4n) is 3.46. The summed E-state index contributed by atoms with van der Waals surface area (Å²) in [5, 5.41) is 0.482. The zero-order chi connectivity index (χ0) is 17.4. The molecule has 3 heterocycles. The first-order chi connectivity index (χ1) is 12.1. The number of pyridine rings is 1. The summed E-state index contributed by atoms with van der Waals surface area (Å²) in [7, 11) is 0. The molecule has 4 rings (SSSR count). The van der Waals surface area contributed by atoms with Crippen LogP contribution in [0.5, 0.6) is 0 Å². The lowest BCUT2D eigenvalue weighted by Gasteiger charge is -2.31. The van der Waals surface area contributed by atoms with E-state index in [0.717, 1.165) is 46.3 Å². The number of fused-ring (bicyclic) bond motifs is 1. The average Bonchev–Trinajstić information content (AvgIpc) is 2.97. The number of nitrogens with zero attached hydrogens (tertiary/aromatic N) is 3. The molecule has 0 radical (unpaired) electrons. The molecule has 1 aliphatic heterocycles. The van der Waals surface area contributed by atoms with E-state index in [1.807, 2.05) is 6.07 Å². The fourth-order valence-corrected chi connectivity index (χ4v) is 5.00. The zero-order valence-corrected chi connectivity index (χ0v) is 17.4. The first kappa shape index (κ1) is 17.5. The van der Waals surface area contributed by atoms with Crippen molar-refractivity contribution in [2.45, 2.75) is 25.3 Å². The molecule has 4 nitrogen and oxygen atoms in total. The monoisotopic (exact) mass is 482 g/mol. The third-order valence-electron chi connectivity index (χ3n) is 4.55. The van der Waals surface area contributed by atoms with Crippen molar-refractivity contribution in [3.8, 4) is 0 Å². The lowest BCUT2D eigenvalue weighted by molar-refractivity contribution is 0.197. The molecule has 0 bridgehead atoms. The van der Waals surface area contributed by atoms with Crippen LogP contribution >= 0.6 is 43.5 Å². The molecular formula is C18H17Br2ClN4. The highest BCUT2D eigenvalue weighted by Crippen LogP contribution is 2.28. The van der Waals surface area contributed by atoms with E-state index in [1.54, 1.807) is 6.07 Å². The molecule has 130 valence electrons. The number of rotatable bonds is 3. The summed E-state index contributed by atoms with van der Waals surface area (Å²) in [6.45, 7) is 3.06. The zero-order valence-electron chi connectivity index (χ0n) is 13.5. The molecule has 7 heteroatoms. The predicted molar refractivity (Wildman–Crippen MR) is 108 cm³/mol. The van der Waals surface area contributed by atoms with Crippen molar-refractivity contribution in [3.05, 3.63) is 55.8 Å². The Kier molecular flexibility index (Phi) is 5.13. The van der Waals surface area contributed by atoms with E-state index in [2.05, 4.69) is 69.9 Å². The van der Waals surface area contributed by atoms with Gasteiger partial charge in [-0.3, -0.25) is 4.90 Å². The average molecular weight is 485 g/mol. The summed E-state index contributed by atoms with van der Waals surface area (Å²) < 4.78 is 2.20. The number of benzene rings is 1. The van der Waals surface area contributed by atoms with Crippen LogP contribution in [0.25, 0.3) is 11.2 Å². The van der Waals surface area contributed by atoms with Crippen LogP contribution in [0.4, 0.5) is 0 Å². The minimum absolute atomic E-state index is 0.400. The smallest absolute Gasteiger partial charge is 0.179 e. The Morgan fingerprint density at radius 1 is 1.16 bits per heavy atom. The normalized spacial score (nSPS) is 18.8. The number of likely N-dealkylation sites (tertiary alicyclic amines) is 1. The highest BCUT2D eigenvalue weighted by atomic mass is 79.9. The third-order valence-corrected chi connectivity index (χ3v) is 5.68. The van der Waals surface area contributed by atoms with E-state index < -0.39 is 0 Å². The van der Waals surface area contributed by atoms with Crippen LogP contribution in [0.2, 0.25) is 5.15 Å². The molecule has 1 atom stereocenters. The standard InChI is InChI=1S/C18H17Br2ClN4/c19-13-6-11(7-14(20)8-13)9-25-5-1-2-12(10-25)17-22-15-3-4-16(21)23-18(15)24-17/h3-4,6-8,12H,1-2,5,9-10H2,(H,22,23,24)/t12-/m0/s1. The number of H-pyrrole nitrogens is 1. The number of piperidine rings is 1. The number of nitrogens with one attached hydrogen (secondary N) is 1. The second kappa shape index (κ2) is 7.35. The van der Waals surface area contributed by atoms with Gasteiger partial charge in [-0.2, -0.15) is 0 Å². The Morgan fingerprint density at radius 3 is 2.76 bits per heavy atom. The molecule has 3 aromatic rings. The predicted octanol–water partition coefficient (Wildman–Crippen LogP) is 5.52. The molecule has 0 amide bonds. The maximum atomic E-state index is 5.97. The molecule has 1 aromatic carbocycles. The van der Waals surface area contributed by atoms with Crippen LogP contribution in [0.3, 0.4) is 0 Å². The summed E-state index contributed by atoms with van der Waals surface area (Å²) in [6.07, 6.45) is 2.32. The summed E-state index contributed by atoms with van der Waals surface area (Å²) in [5.41, 5.74) is 2.96. The van der Waals surface area contributed by atoms with Crippen molar-refractivity contribution in [2.24, 2.45) is 0 Å². The number of hydrogen-bond donors (Lipinski definition) is 1. The third kappa shape index (κ3) is 4.08. The second-order valence-corrected chi connectivity index (χ2v) is 8.70. The van der Waals surface area contributed by atoms with E-state index in [0.29, 0.717) is 16.7 Å². The van der Waals surface area contributed by atoms with Crippen LogP contribution in [-0.2, 0) is 6.54 Å². The van der Waals surface area contributed by atoms with Gasteiger partial charge in [0.1, 0.15) is 11.0 Å². The molecule has 1 fully saturated rings. The largest absolute Gasteiger partial charge is 0.340 e. The van der Waals surface area contributed by atoms with Gasteiger partial charge in [0.05, 0.1) is 5.52 Å². The number of aromatic nitrogens is 3. The Morgan fingerprint density at radius 2 is 1.96 bits per heavy atom. The molecule has 0 aliphatic carbocycles. The van der Waals surface area contributed by atoms with Gasteiger partial charge in [0.25, 0.3) is 0 Å². The Bertz CT molecular complexity index is 891. The van der Waals surface area contributed by atoms with Crippen molar-refractivity contribution < 1.29 is 0 Å². The van der Waals surface area contributed by atoms with Gasteiger partial charge in [0.15, 0.2) is 5.65 Å². The maximum Gasteiger partial charge on any atom is 0.179 e. The molecule has 25 heavy (non-hydrogen) atoms. The molecule has 0 spiro atoms. The van der Waals surface area contributed by atoms with Crippen molar-refractivity contribution in [1.29, 1.82) is 0 Å². The van der Waals surface area contributed by atoms with E-state index in [9.17, 15) is 0 Å². The van der Waals surface area contributed by atoms with E-state index in [4.69, 9.17) is 11.6 Å². The highest BCUT2D eigenvalue weighted by molar-refractivity contribution is 9.11. The lowest BCUT2D eigenvalue weighted by atomic mass is 9.97. The minimum atomic E-state index is 0.400. The second-order valence-electron chi connectivity index (χ2n) is 6.48. The van der Waals surface area contributed by atoms with Crippen LogP contribution in [0, 0.1) is 0 Å². The molecule has 1 aliphatic rings. The highest BCUT2D eigenvalue weighted by Gasteiger charge is 2.24. The first-order valence-corrected chi connectivity index (χ1v) is 10.2. The lowest BCUT2D eigenvalue weighted by Crippen LogP contribution is -2.34. The Labute approximate surface area is 168 Å². The molecular weight excluding hydrogens is 467 g/mol. The molecule has 1 saturated heterocycles. The van der Waals surface area contributed by atoms with Gasteiger partial charge in [-0.15, -0.1) is 0 Å². The number of halogens is 3. The minimum Gasteiger partial charge on any atom is -0.340 e. The van der Waals surface area contributed by atoms with Gasteiger partial charge in [-0.05, 0) is 55.3 Å². The topological polar surface area (TPSA) is 44.8 Å². The molecule has 0 saturated carbocycles. The van der Waals surface area contributed by atoms with Crippen LogP contribution in [-0.4, -0.2) is 32.9 Å². The van der Waals surface area contributed by atoms with E-state index in [1.165, 1.54) is 12.0 Å². The van der Waals surface area contributed by atoms with Crippen molar-refractivity contribution >= 4 is 54.6 Å². The Balaban J connectivity index is 1.51. The molecule has 2 aromatic heterocycles. The van der Waals surface area contributed by atoms with Crippen molar-refractivity contribution in [3.63, 3.8) is 0 Å².